The van der Waals surface area contributed by atoms with Crippen molar-refractivity contribution >= 4 is 5.97 Å². The maximum atomic E-state index is 16.0. The van der Waals surface area contributed by atoms with Crippen LogP contribution in [0, 0.1) is 46.3 Å². The number of hydrogen-bond acceptors (Lipinski definition) is 2. The van der Waals surface area contributed by atoms with Crippen LogP contribution in [0.4, 0.5) is 17.6 Å². The largest absolute Gasteiger partial charge is 0.469 e. The molecule has 2 nitrogen and oxygen atoms in total. The number of hydrogen-bond donors (Lipinski definition) is 0. The molecule has 0 saturated heterocycles. The van der Waals surface area contributed by atoms with Gasteiger partial charge in [0.15, 0.2) is 0 Å². The number of ether oxygens (including phenoxy) is 1. The van der Waals surface area contributed by atoms with Gasteiger partial charge in [0.25, 0.3) is 5.92 Å². The van der Waals surface area contributed by atoms with E-state index in [4.69, 9.17) is 4.74 Å². The first-order valence-electron chi connectivity index (χ1n) is 12.2. The zero-order valence-corrected chi connectivity index (χ0v) is 19.4. The second kappa shape index (κ2) is 7.62. The number of rotatable bonds is 4. The number of halogens is 4. The van der Waals surface area contributed by atoms with Gasteiger partial charge in [-0.3, -0.25) is 4.79 Å². The topological polar surface area (TPSA) is 26.3 Å². The van der Waals surface area contributed by atoms with Crippen LogP contribution in [0.15, 0.2) is 0 Å². The average molecular weight is 447 g/mol. The SMILES string of the molecule is COC(=O)CC[C@@H](C)C1CC[C@H]2[C@@H]3CC[C@@H]4CC(F)(F)CC[C@]4(C)[C@H]3CC(F)(F)[C@]12C. The van der Waals surface area contributed by atoms with Gasteiger partial charge in [0.2, 0.25) is 5.92 Å². The molecular weight excluding hydrogens is 408 g/mol. The highest BCUT2D eigenvalue weighted by molar-refractivity contribution is 5.69. The first-order valence-corrected chi connectivity index (χ1v) is 12.2. The zero-order valence-electron chi connectivity index (χ0n) is 19.4. The van der Waals surface area contributed by atoms with E-state index in [1.54, 1.807) is 6.92 Å². The minimum absolute atomic E-state index is 0.0248. The van der Waals surface area contributed by atoms with Crippen LogP contribution >= 0.6 is 0 Å². The van der Waals surface area contributed by atoms with Gasteiger partial charge in [-0.1, -0.05) is 20.8 Å². The second-order valence-electron chi connectivity index (χ2n) is 11.7. The van der Waals surface area contributed by atoms with E-state index < -0.39 is 22.7 Å². The second-order valence-corrected chi connectivity index (χ2v) is 11.7. The van der Waals surface area contributed by atoms with E-state index in [1.165, 1.54) is 7.11 Å². The summed E-state index contributed by atoms with van der Waals surface area (Å²) in [6, 6.07) is 0. The molecule has 1 unspecified atom stereocenters. The van der Waals surface area contributed by atoms with Gasteiger partial charge in [-0.2, -0.15) is 0 Å². The molecule has 4 aliphatic carbocycles. The predicted octanol–water partition coefficient (Wildman–Crippen LogP) is 7.12. The van der Waals surface area contributed by atoms with Gasteiger partial charge in [-0.05, 0) is 79.4 Å². The first kappa shape index (κ1) is 23.4. The van der Waals surface area contributed by atoms with Gasteiger partial charge in [0.1, 0.15) is 0 Å². The molecule has 6 heteroatoms. The smallest absolute Gasteiger partial charge is 0.305 e. The molecular formula is C25H38F4O2. The highest BCUT2D eigenvalue weighted by atomic mass is 19.3. The van der Waals surface area contributed by atoms with Crippen molar-refractivity contribution in [1.29, 1.82) is 0 Å². The predicted molar refractivity (Wildman–Crippen MR) is 111 cm³/mol. The lowest BCUT2D eigenvalue weighted by atomic mass is 9.43. The fraction of sp³-hybridized carbons (Fsp3) is 0.960. The van der Waals surface area contributed by atoms with Crippen LogP contribution < -0.4 is 0 Å². The summed E-state index contributed by atoms with van der Waals surface area (Å²) in [5, 5.41) is 0. The zero-order chi connectivity index (χ0) is 22.8. The molecule has 0 aromatic rings. The fourth-order valence-electron chi connectivity index (χ4n) is 8.68. The van der Waals surface area contributed by atoms with Crippen molar-refractivity contribution in [2.75, 3.05) is 7.11 Å². The molecule has 0 spiro atoms. The van der Waals surface area contributed by atoms with Crippen molar-refractivity contribution < 1.29 is 27.1 Å². The summed E-state index contributed by atoms with van der Waals surface area (Å²) in [4.78, 5) is 11.6. The van der Waals surface area contributed by atoms with Gasteiger partial charge in [-0.15, -0.1) is 0 Å². The summed E-state index contributed by atoms with van der Waals surface area (Å²) in [5.74, 6) is -6.02. The minimum Gasteiger partial charge on any atom is -0.469 e. The van der Waals surface area contributed by atoms with Crippen molar-refractivity contribution in [2.24, 2.45) is 46.3 Å². The van der Waals surface area contributed by atoms with Crippen molar-refractivity contribution in [3.05, 3.63) is 0 Å². The van der Waals surface area contributed by atoms with Crippen LogP contribution in [0.3, 0.4) is 0 Å². The number of carbonyl (C=O) groups is 1. The Balaban J connectivity index is 1.59. The summed E-state index contributed by atoms with van der Waals surface area (Å²) in [6.07, 6.45) is 3.84. The number of methoxy groups -OCH3 is 1. The van der Waals surface area contributed by atoms with Crippen LogP contribution in [0.25, 0.3) is 0 Å². The molecule has 4 saturated carbocycles. The summed E-state index contributed by atoms with van der Waals surface area (Å²) in [5.41, 5.74) is -1.48. The fourth-order valence-corrected chi connectivity index (χ4v) is 8.68. The van der Waals surface area contributed by atoms with E-state index in [-0.39, 0.29) is 67.2 Å². The summed E-state index contributed by atoms with van der Waals surface area (Å²) in [6.45, 7) is 5.84. The van der Waals surface area contributed by atoms with E-state index in [0.717, 1.165) is 25.7 Å². The van der Waals surface area contributed by atoms with Crippen LogP contribution in [-0.2, 0) is 9.53 Å². The molecule has 31 heavy (non-hydrogen) atoms. The molecule has 4 fully saturated rings. The Kier molecular flexibility index (Phi) is 5.74. The lowest BCUT2D eigenvalue weighted by molar-refractivity contribution is -0.252. The van der Waals surface area contributed by atoms with E-state index in [1.807, 2.05) is 13.8 Å². The summed E-state index contributed by atoms with van der Waals surface area (Å²) >= 11 is 0. The molecule has 8 atom stereocenters. The summed E-state index contributed by atoms with van der Waals surface area (Å²) in [7, 11) is 1.35. The number of fused-ring (bicyclic) bond motifs is 5. The summed E-state index contributed by atoms with van der Waals surface area (Å²) < 4.78 is 65.0. The Morgan fingerprint density at radius 1 is 1.00 bits per heavy atom. The van der Waals surface area contributed by atoms with Gasteiger partial charge >= 0.3 is 5.97 Å². The Morgan fingerprint density at radius 3 is 2.39 bits per heavy atom. The van der Waals surface area contributed by atoms with E-state index >= 15 is 8.78 Å². The van der Waals surface area contributed by atoms with Crippen molar-refractivity contribution in [2.45, 2.75) is 96.8 Å². The van der Waals surface area contributed by atoms with Gasteiger partial charge in [0.05, 0.1) is 7.11 Å². The van der Waals surface area contributed by atoms with Crippen LogP contribution in [0.1, 0.15) is 85.0 Å². The molecule has 0 bridgehead atoms. The Morgan fingerprint density at radius 2 is 1.71 bits per heavy atom. The highest BCUT2D eigenvalue weighted by Crippen LogP contribution is 2.72. The minimum atomic E-state index is -2.82. The molecule has 4 aliphatic rings. The van der Waals surface area contributed by atoms with Crippen molar-refractivity contribution in [3.63, 3.8) is 0 Å². The van der Waals surface area contributed by atoms with Crippen LogP contribution in [-0.4, -0.2) is 24.9 Å². The molecule has 178 valence electrons. The highest BCUT2D eigenvalue weighted by Gasteiger charge is 2.71. The van der Waals surface area contributed by atoms with Crippen LogP contribution in [0.5, 0.6) is 0 Å². The third-order valence-corrected chi connectivity index (χ3v) is 10.5. The lowest BCUT2D eigenvalue weighted by Gasteiger charge is -2.63. The van der Waals surface area contributed by atoms with E-state index in [0.29, 0.717) is 12.8 Å². The average Bonchev–Trinajstić information content (AvgIpc) is 3.06. The standard InChI is InChI=1S/C25H38F4O2/c1-15(5-10-21(30)31-4)18-8-9-19-17-7-6-16-13-24(26,27)12-11-22(16,2)20(17)14-25(28,29)23(18,19)3/h15-20H,5-14H2,1-4H3/t15-,16-,17+,18?,19+,20+,22+,23-/m1/s1. The monoisotopic (exact) mass is 446 g/mol. The Hall–Kier alpha value is -0.810. The maximum Gasteiger partial charge on any atom is 0.305 e. The van der Waals surface area contributed by atoms with Gasteiger partial charge < -0.3 is 4.74 Å². The van der Waals surface area contributed by atoms with Gasteiger partial charge in [-0.25, -0.2) is 17.6 Å². The Bertz CT molecular complexity index is 710. The Labute approximate surface area is 183 Å². The molecule has 0 aliphatic heterocycles. The lowest BCUT2D eigenvalue weighted by Crippen LogP contribution is -2.61. The molecule has 0 radical (unpaired) electrons. The van der Waals surface area contributed by atoms with Crippen molar-refractivity contribution in [3.8, 4) is 0 Å². The quantitative estimate of drug-likeness (QED) is 0.340. The van der Waals surface area contributed by atoms with Crippen LogP contribution in [0.2, 0.25) is 0 Å². The molecule has 0 aromatic heterocycles. The third kappa shape index (κ3) is 3.53. The third-order valence-electron chi connectivity index (χ3n) is 10.5. The maximum absolute atomic E-state index is 16.0. The normalized spacial score (nSPS) is 46.4. The number of alkyl halides is 4. The number of esters is 1. The molecule has 0 aromatic carbocycles. The first-order chi connectivity index (χ1) is 14.4. The number of carbonyl (C=O) groups excluding carboxylic acids is 1. The van der Waals surface area contributed by atoms with Gasteiger partial charge in [0, 0.05) is 31.1 Å². The molecule has 0 heterocycles. The van der Waals surface area contributed by atoms with Crippen molar-refractivity contribution in [1.82, 2.24) is 0 Å². The molecule has 0 N–H and O–H groups in total. The molecule has 4 rings (SSSR count). The molecule has 0 amide bonds. The van der Waals surface area contributed by atoms with E-state index in [9.17, 15) is 13.6 Å². The van der Waals surface area contributed by atoms with E-state index in [2.05, 4.69) is 0 Å².